The van der Waals surface area contributed by atoms with Gasteiger partial charge in [0.05, 0.1) is 15.7 Å². The van der Waals surface area contributed by atoms with Crippen LogP contribution in [0.1, 0.15) is 0 Å². The highest BCUT2D eigenvalue weighted by molar-refractivity contribution is 7.92. The van der Waals surface area contributed by atoms with Gasteiger partial charge >= 0.3 is 0 Å². The first-order valence-corrected chi connectivity index (χ1v) is 7.40. The van der Waals surface area contributed by atoms with Crippen molar-refractivity contribution >= 4 is 38.9 Å². The lowest BCUT2D eigenvalue weighted by atomic mass is 10.3. The molecule has 0 aliphatic heterocycles. The predicted molar refractivity (Wildman–Crippen MR) is 75.4 cm³/mol. The van der Waals surface area contributed by atoms with Crippen LogP contribution in [0.4, 0.5) is 5.69 Å². The number of hydrogen-bond acceptors (Lipinski definition) is 3. The average Bonchev–Trinajstić information content (AvgIpc) is 2.33. The van der Waals surface area contributed by atoms with E-state index in [4.69, 9.17) is 23.2 Å². The van der Waals surface area contributed by atoms with Crippen LogP contribution in [0.5, 0.6) is 5.75 Å². The highest BCUT2D eigenvalue weighted by Gasteiger charge is 2.18. The minimum Gasteiger partial charge on any atom is -0.508 e. The maximum absolute atomic E-state index is 12.1. The molecule has 0 atom stereocenters. The zero-order valence-electron chi connectivity index (χ0n) is 9.47. The van der Waals surface area contributed by atoms with Gasteiger partial charge in [-0.2, -0.15) is 0 Å². The number of phenols is 1. The molecular weight excluding hydrogens is 309 g/mol. The fourth-order valence-electron chi connectivity index (χ4n) is 1.45. The summed E-state index contributed by atoms with van der Waals surface area (Å²) in [6.45, 7) is 0. The summed E-state index contributed by atoms with van der Waals surface area (Å²) in [7, 11) is -3.83. The third kappa shape index (κ3) is 3.12. The van der Waals surface area contributed by atoms with Gasteiger partial charge in [0.15, 0.2) is 0 Å². The standard InChI is InChI=1S/C12H9Cl2NO3S/c13-9-3-1-2-4-12(9)19(17,18)15-11-6-5-8(16)7-10(11)14/h1-7,15-16H. The van der Waals surface area contributed by atoms with E-state index in [9.17, 15) is 13.5 Å². The first kappa shape index (κ1) is 14.0. The van der Waals surface area contributed by atoms with Crippen molar-refractivity contribution in [1.82, 2.24) is 0 Å². The molecule has 0 heterocycles. The van der Waals surface area contributed by atoms with Crippen molar-refractivity contribution in [2.75, 3.05) is 4.72 Å². The number of benzene rings is 2. The van der Waals surface area contributed by atoms with Gasteiger partial charge in [0, 0.05) is 6.07 Å². The van der Waals surface area contributed by atoms with Crippen LogP contribution < -0.4 is 4.72 Å². The molecule has 0 aliphatic rings. The molecule has 2 aromatic carbocycles. The van der Waals surface area contributed by atoms with Crippen molar-refractivity contribution in [2.24, 2.45) is 0 Å². The highest BCUT2D eigenvalue weighted by atomic mass is 35.5. The molecule has 0 saturated heterocycles. The van der Waals surface area contributed by atoms with Crippen molar-refractivity contribution in [3.63, 3.8) is 0 Å². The van der Waals surface area contributed by atoms with Gasteiger partial charge in [0.25, 0.3) is 10.0 Å². The summed E-state index contributed by atoms with van der Waals surface area (Å²) in [6, 6.07) is 10.0. The van der Waals surface area contributed by atoms with E-state index >= 15 is 0 Å². The fourth-order valence-corrected chi connectivity index (χ4v) is 3.33. The van der Waals surface area contributed by atoms with E-state index < -0.39 is 10.0 Å². The number of phenolic OH excluding ortho intramolecular Hbond substituents is 1. The average molecular weight is 318 g/mol. The van der Waals surface area contributed by atoms with E-state index in [1.54, 1.807) is 12.1 Å². The Morgan fingerprint density at radius 2 is 1.68 bits per heavy atom. The summed E-state index contributed by atoms with van der Waals surface area (Å²) in [4.78, 5) is -0.0409. The Balaban J connectivity index is 2.40. The number of aromatic hydroxyl groups is 1. The molecule has 0 aromatic heterocycles. The van der Waals surface area contributed by atoms with Gasteiger partial charge < -0.3 is 5.11 Å². The summed E-state index contributed by atoms with van der Waals surface area (Å²) in [5.41, 5.74) is 0.166. The summed E-state index contributed by atoms with van der Waals surface area (Å²) in [6.07, 6.45) is 0. The molecule has 0 unspecified atom stereocenters. The minimum atomic E-state index is -3.83. The molecule has 19 heavy (non-hydrogen) atoms. The van der Waals surface area contributed by atoms with Gasteiger partial charge in [0.2, 0.25) is 0 Å². The molecule has 0 saturated carbocycles. The number of rotatable bonds is 3. The Hall–Kier alpha value is -1.43. The zero-order chi connectivity index (χ0) is 14.0. The number of halogens is 2. The number of hydrogen-bond donors (Lipinski definition) is 2. The van der Waals surface area contributed by atoms with E-state index in [1.165, 1.54) is 30.3 Å². The second-order valence-corrected chi connectivity index (χ2v) is 6.17. The van der Waals surface area contributed by atoms with E-state index in [1.807, 2.05) is 0 Å². The molecule has 0 spiro atoms. The monoisotopic (exact) mass is 317 g/mol. The second-order valence-electron chi connectivity index (χ2n) is 3.70. The van der Waals surface area contributed by atoms with Crippen molar-refractivity contribution in [3.05, 3.63) is 52.5 Å². The van der Waals surface area contributed by atoms with E-state index in [-0.39, 0.29) is 26.4 Å². The van der Waals surface area contributed by atoms with Gasteiger partial charge in [-0.25, -0.2) is 8.42 Å². The van der Waals surface area contributed by atoms with Crippen LogP contribution in [0.15, 0.2) is 47.4 Å². The van der Waals surface area contributed by atoms with Gasteiger partial charge in [-0.1, -0.05) is 35.3 Å². The lowest BCUT2D eigenvalue weighted by Crippen LogP contribution is -2.13. The first-order valence-electron chi connectivity index (χ1n) is 5.16. The third-order valence-corrected chi connectivity index (χ3v) is 4.50. The molecule has 0 radical (unpaired) electrons. The van der Waals surface area contributed by atoms with Crippen LogP contribution in [0.2, 0.25) is 10.0 Å². The Labute approximate surface area is 120 Å². The Kier molecular flexibility index (Phi) is 3.89. The fraction of sp³-hybridized carbons (Fsp3) is 0. The quantitative estimate of drug-likeness (QED) is 0.851. The normalized spacial score (nSPS) is 11.3. The highest BCUT2D eigenvalue weighted by Crippen LogP contribution is 2.29. The Morgan fingerprint density at radius 1 is 1.00 bits per heavy atom. The molecule has 100 valence electrons. The smallest absolute Gasteiger partial charge is 0.263 e. The molecule has 7 heteroatoms. The molecule has 2 rings (SSSR count). The van der Waals surface area contributed by atoms with Gasteiger partial charge in [-0.15, -0.1) is 0 Å². The van der Waals surface area contributed by atoms with Crippen molar-refractivity contribution in [1.29, 1.82) is 0 Å². The molecule has 0 aliphatic carbocycles. The predicted octanol–water partition coefficient (Wildman–Crippen LogP) is 3.50. The van der Waals surface area contributed by atoms with Crippen LogP contribution >= 0.6 is 23.2 Å². The Morgan fingerprint density at radius 3 is 2.32 bits per heavy atom. The summed E-state index contributed by atoms with van der Waals surface area (Å²) < 4.78 is 26.6. The number of sulfonamides is 1. The number of nitrogens with one attached hydrogen (secondary N) is 1. The van der Waals surface area contributed by atoms with Crippen LogP contribution in [0.25, 0.3) is 0 Å². The lowest BCUT2D eigenvalue weighted by molar-refractivity contribution is 0.475. The van der Waals surface area contributed by atoms with Gasteiger partial charge in [-0.05, 0) is 24.3 Å². The largest absolute Gasteiger partial charge is 0.508 e. The molecular formula is C12H9Cl2NO3S. The van der Waals surface area contributed by atoms with Crippen molar-refractivity contribution in [2.45, 2.75) is 4.90 Å². The van der Waals surface area contributed by atoms with Crippen LogP contribution in [0.3, 0.4) is 0 Å². The SMILES string of the molecule is O=S(=O)(Nc1ccc(O)cc1Cl)c1ccccc1Cl. The first-order chi connectivity index (χ1) is 8.90. The molecule has 2 aromatic rings. The number of anilines is 1. The van der Waals surface area contributed by atoms with Gasteiger partial charge in [0.1, 0.15) is 10.6 Å². The van der Waals surface area contributed by atoms with Crippen LogP contribution in [-0.2, 0) is 10.0 Å². The summed E-state index contributed by atoms with van der Waals surface area (Å²) in [5, 5.41) is 9.42. The minimum absolute atomic E-state index is 0.0409. The van der Waals surface area contributed by atoms with Crippen molar-refractivity contribution < 1.29 is 13.5 Å². The molecule has 0 amide bonds. The molecule has 0 fully saturated rings. The molecule has 0 bridgehead atoms. The Bertz CT molecular complexity index is 717. The van der Waals surface area contributed by atoms with Crippen LogP contribution in [0, 0.1) is 0 Å². The zero-order valence-corrected chi connectivity index (χ0v) is 11.8. The summed E-state index contributed by atoms with van der Waals surface area (Å²) >= 11 is 11.7. The van der Waals surface area contributed by atoms with Gasteiger partial charge in [-0.3, -0.25) is 4.72 Å². The summed E-state index contributed by atoms with van der Waals surface area (Å²) in [5.74, 6) is -0.0503. The lowest BCUT2D eigenvalue weighted by Gasteiger charge is -2.10. The van der Waals surface area contributed by atoms with E-state index in [0.717, 1.165) is 0 Å². The van der Waals surface area contributed by atoms with Crippen LogP contribution in [-0.4, -0.2) is 13.5 Å². The second kappa shape index (κ2) is 5.28. The van der Waals surface area contributed by atoms with E-state index in [2.05, 4.69) is 4.72 Å². The van der Waals surface area contributed by atoms with Crippen molar-refractivity contribution in [3.8, 4) is 5.75 Å². The molecule has 2 N–H and O–H groups in total. The third-order valence-electron chi connectivity index (χ3n) is 2.32. The van der Waals surface area contributed by atoms with E-state index in [0.29, 0.717) is 0 Å². The maximum atomic E-state index is 12.1. The topological polar surface area (TPSA) is 66.4 Å². The maximum Gasteiger partial charge on any atom is 0.263 e. The molecule has 4 nitrogen and oxygen atoms in total.